The molecule has 0 atom stereocenters. The number of primary amides is 1. The highest BCUT2D eigenvalue weighted by atomic mass is 32.1. The van der Waals surface area contributed by atoms with Gasteiger partial charge in [0, 0.05) is 37.6 Å². The van der Waals surface area contributed by atoms with E-state index in [1.54, 1.807) is 11.3 Å². The molecule has 4 heterocycles. The first-order valence-corrected chi connectivity index (χ1v) is 9.59. The molecule has 2 fully saturated rings. The fourth-order valence-electron chi connectivity index (χ4n) is 3.48. The van der Waals surface area contributed by atoms with Gasteiger partial charge in [-0.2, -0.15) is 4.98 Å². The first kappa shape index (κ1) is 16.5. The van der Waals surface area contributed by atoms with Crippen molar-refractivity contribution in [1.82, 2.24) is 14.9 Å². The van der Waals surface area contributed by atoms with E-state index in [1.165, 1.54) is 4.88 Å². The molecule has 0 bridgehead atoms. The summed E-state index contributed by atoms with van der Waals surface area (Å²) >= 11 is 1.70. The van der Waals surface area contributed by atoms with Gasteiger partial charge in [-0.1, -0.05) is 0 Å². The van der Waals surface area contributed by atoms with Crippen LogP contribution in [0.2, 0.25) is 0 Å². The summed E-state index contributed by atoms with van der Waals surface area (Å²) in [6.07, 6.45) is 1.12. The topological polar surface area (TPSA) is 78.6 Å². The summed E-state index contributed by atoms with van der Waals surface area (Å²) < 4.78 is 0. The van der Waals surface area contributed by atoms with Gasteiger partial charge in [-0.15, -0.1) is 11.3 Å². The number of rotatable bonds is 3. The lowest BCUT2D eigenvalue weighted by Crippen LogP contribution is -2.53. The van der Waals surface area contributed by atoms with Crippen molar-refractivity contribution in [2.24, 2.45) is 11.7 Å². The lowest BCUT2D eigenvalue weighted by molar-refractivity contribution is -0.122. The van der Waals surface area contributed by atoms with Gasteiger partial charge in [-0.3, -0.25) is 4.79 Å². The molecule has 0 aliphatic carbocycles. The first-order chi connectivity index (χ1) is 12.0. The summed E-state index contributed by atoms with van der Waals surface area (Å²) in [7, 11) is 2.16. The van der Waals surface area contributed by atoms with E-state index in [-0.39, 0.29) is 11.8 Å². The number of nitrogens with zero attached hydrogens (tertiary/aromatic N) is 5. The molecule has 25 heavy (non-hydrogen) atoms. The molecule has 134 valence electrons. The SMILES string of the molecule is Cc1cc2c(N3CC(C(N)=O)C3)nc(N3CCCN(C)CC3)nc2s1. The quantitative estimate of drug-likeness (QED) is 0.882. The number of carbonyl (C=O) groups is 1. The molecule has 0 unspecified atom stereocenters. The van der Waals surface area contributed by atoms with E-state index < -0.39 is 0 Å². The number of thiophene rings is 1. The van der Waals surface area contributed by atoms with Gasteiger partial charge in [-0.25, -0.2) is 4.98 Å². The Morgan fingerprint density at radius 1 is 1.20 bits per heavy atom. The zero-order chi connectivity index (χ0) is 17.6. The summed E-state index contributed by atoms with van der Waals surface area (Å²) in [5.41, 5.74) is 5.42. The minimum absolute atomic E-state index is 0.0694. The molecule has 2 aromatic heterocycles. The van der Waals surface area contributed by atoms with Crippen LogP contribution in [0.1, 0.15) is 11.3 Å². The number of fused-ring (bicyclic) bond motifs is 1. The third-order valence-corrected chi connectivity index (χ3v) is 6.01. The summed E-state index contributed by atoms with van der Waals surface area (Å²) in [4.78, 5) is 30.1. The van der Waals surface area contributed by atoms with Crippen molar-refractivity contribution in [2.75, 3.05) is 56.1 Å². The van der Waals surface area contributed by atoms with Crippen molar-refractivity contribution < 1.29 is 4.79 Å². The fraction of sp³-hybridized carbons (Fsp3) is 0.588. The Hall–Kier alpha value is -1.93. The number of anilines is 2. The lowest BCUT2D eigenvalue weighted by Gasteiger charge is -2.38. The molecule has 2 aliphatic heterocycles. The number of aryl methyl sites for hydroxylation is 1. The van der Waals surface area contributed by atoms with Gasteiger partial charge >= 0.3 is 0 Å². The van der Waals surface area contributed by atoms with Crippen molar-refractivity contribution in [3.05, 3.63) is 10.9 Å². The molecule has 0 radical (unpaired) electrons. The van der Waals surface area contributed by atoms with E-state index in [0.717, 1.165) is 54.6 Å². The molecule has 0 saturated carbocycles. The van der Waals surface area contributed by atoms with Gasteiger partial charge in [0.2, 0.25) is 11.9 Å². The Labute approximate surface area is 151 Å². The van der Waals surface area contributed by atoms with Crippen LogP contribution in [0.3, 0.4) is 0 Å². The summed E-state index contributed by atoms with van der Waals surface area (Å²) in [6, 6.07) is 2.15. The predicted octanol–water partition coefficient (Wildman–Crippen LogP) is 1.06. The van der Waals surface area contributed by atoms with Gasteiger partial charge in [0.25, 0.3) is 0 Å². The first-order valence-electron chi connectivity index (χ1n) is 8.77. The van der Waals surface area contributed by atoms with Gasteiger partial charge in [0.15, 0.2) is 0 Å². The maximum absolute atomic E-state index is 11.4. The largest absolute Gasteiger partial charge is 0.369 e. The van der Waals surface area contributed by atoms with E-state index in [1.807, 2.05) is 0 Å². The normalized spacial score (nSPS) is 19.9. The molecular formula is C17H24N6OS. The number of hydrogen-bond acceptors (Lipinski definition) is 7. The van der Waals surface area contributed by atoms with E-state index in [4.69, 9.17) is 15.7 Å². The Morgan fingerprint density at radius 2 is 2.00 bits per heavy atom. The maximum atomic E-state index is 11.4. The van der Waals surface area contributed by atoms with Gasteiger partial charge < -0.3 is 20.4 Å². The molecular weight excluding hydrogens is 336 g/mol. The van der Waals surface area contributed by atoms with Crippen LogP contribution < -0.4 is 15.5 Å². The van der Waals surface area contributed by atoms with Crippen LogP contribution in [0.25, 0.3) is 10.2 Å². The van der Waals surface area contributed by atoms with Gasteiger partial charge in [0.1, 0.15) is 10.6 Å². The third-order valence-electron chi connectivity index (χ3n) is 5.07. The molecule has 2 N–H and O–H groups in total. The van der Waals surface area contributed by atoms with Crippen molar-refractivity contribution in [2.45, 2.75) is 13.3 Å². The Kier molecular flexibility index (Phi) is 4.24. The highest BCUT2D eigenvalue weighted by molar-refractivity contribution is 7.18. The number of nitrogens with two attached hydrogens (primary N) is 1. The highest BCUT2D eigenvalue weighted by Gasteiger charge is 2.34. The zero-order valence-electron chi connectivity index (χ0n) is 14.7. The van der Waals surface area contributed by atoms with Gasteiger partial charge in [0.05, 0.1) is 11.3 Å². The molecule has 2 saturated heterocycles. The van der Waals surface area contributed by atoms with Crippen molar-refractivity contribution >= 4 is 39.2 Å². The molecule has 2 aromatic rings. The number of hydrogen-bond donors (Lipinski definition) is 1. The predicted molar refractivity (Wildman–Crippen MR) is 101 cm³/mol. The monoisotopic (exact) mass is 360 g/mol. The molecule has 1 amide bonds. The minimum Gasteiger partial charge on any atom is -0.369 e. The zero-order valence-corrected chi connectivity index (χ0v) is 15.6. The Morgan fingerprint density at radius 3 is 2.76 bits per heavy atom. The molecule has 0 spiro atoms. The van der Waals surface area contributed by atoms with E-state index in [0.29, 0.717) is 13.1 Å². The Bertz CT molecular complexity index is 800. The van der Waals surface area contributed by atoms with Crippen LogP contribution in [0.5, 0.6) is 0 Å². The standard InChI is InChI=1S/C17H24N6OS/c1-11-8-13-15(23-9-12(10-23)14(18)24)19-17(20-16(13)25-11)22-5-3-4-21(2)6-7-22/h8,12H,3-7,9-10H2,1-2H3,(H2,18,24). The summed E-state index contributed by atoms with van der Waals surface area (Å²) in [6.45, 7) is 7.44. The van der Waals surface area contributed by atoms with Crippen molar-refractivity contribution in [3.8, 4) is 0 Å². The number of aromatic nitrogens is 2. The fourth-order valence-corrected chi connectivity index (χ4v) is 4.35. The highest BCUT2D eigenvalue weighted by Crippen LogP contribution is 2.35. The molecule has 2 aliphatic rings. The van der Waals surface area contributed by atoms with Crippen LogP contribution in [0, 0.1) is 12.8 Å². The van der Waals surface area contributed by atoms with E-state index in [9.17, 15) is 4.79 Å². The molecule has 4 rings (SSSR count). The number of carbonyl (C=O) groups excluding carboxylic acids is 1. The van der Waals surface area contributed by atoms with Crippen LogP contribution in [-0.2, 0) is 4.79 Å². The summed E-state index contributed by atoms with van der Waals surface area (Å²) in [5.74, 6) is 1.46. The second-order valence-corrected chi connectivity index (χ2v) is 8.31. The molecule has 0 aromatic carbocycles. The number of amides is 1. The van der Waals surface area contributed by atoms with E-state index >= 15 is 0 Å². The van der Waals surface area contributed by atoms with Gasteiger partial charge in [-0.05, 0) is 33.0 Å². The average molecular weight is 360 g/mol. The van der Waals surface area contributed by atoms with Crippen molar-refractivity contribution in [3.63, 3.8) is 0 Å². The van der Waals surface area contributed by atoms with Crippen LogP contribution in [0.4, 0.5) is 11.8 Å². The number of likely N-dealkylation sites (N-methyl/N-ethyl adjacent to an activating group) is 1. The maximum Gasteiger partial charge on any atom is 0.228 e. The second kappa shape index (κ2) is 6.42. The molecule has 7 nitrogen and oxygen atoms in total. The smallest absolute Gasteiger partial charge is 0.228 e. The third kappa shape index (κ3) is 3.16. The molecule has 8 heteroatoms. The van der Waals surface area contributed by atoms with Crippen LogP contribution in [-0.4, -0.2) is 67.1 Å². The lowest BCUT2D eigenvalue weighted by atomic mass is 9.99. The minimum atomic E-state index is -0.223. The Balaban J connectivity index is 1.68. The average Bonchev–Trinajstić information content (AvgIpc) is 2.74. The van der Waals surface area contributed by atoms with Crippen LogP contribution in [0.15, 0.2) is 6.07 Å². The second-order valence-electron chi connectivity index (χ2n) is 7.07. The summed E-state index contributed by atoms with van der Waals surface area (Å²) in [5, 5.41) is 1.08. The van der Waals surface area contributed by atoms with E-state index in [2.05, 4.69) is 34.7 Å². The van der Waals surface area contributed by atoms with Crippen LogP contribution >= 0.6 is 11.3 Å². The van der Waals surface area contributed by atoms with Crippen molar-refractivity contribution in [1.29, 1.82) is 0 Å².